The van der Waals surface area contributed by atoms with Crippen LogP contribution in [0.4, 0.5) is 4.79 Å². The summed E-state index contributed by atoms with van der Waals surface area (Å²) < 4.78 is 0. The number of likely N-dealkylation sites (tertiary alicyclic amines) is 1. The Balaban J connectivity index is 1.77. The van der Waals surface area contributed by atoms with Crippen LogP contribution in [0.5, 0.6) is 0 Å². The van der Waals surface area contributed by atoms with Gasteiger partial charge in [-0.1, -0.05) is 36.8 Å². The minimum atomic E-state index is -0.395. The predicted octanol–water partition coefficient (Wildman–Crippen LogP) is 2.71. The van der Waals surface area contributed by atoms with Gasteiger partial charge >= 0.3 is 6.03 Å². The second-order valence-electron chi connectivity index (χ2n) is 7.31. The molecular weight excluding hydrogens is 314 g/mol. The highest BCUT2D eigenvalue weighted by Crippen LogP contribution is 2.20. The molecule has 0 spiro atoms. The minimum absolute atomic E-state index is 0.115. The maximum atomic E-state index is 12.2. The van der Waals surface area contributed by atoms with Gasteiger partial charge < -0.3 is 20.6 Å². The molecule has 1 aromatic rings. The van der Waals surface area contributed by atoms with Crippen molar-refractivity contribution in [3.05, 3.63) is 35.9 Å². The Morgan fingerprint density at radius 3 is 2.48 bits per heavy atom. The zero-order chi connectivity index (χ0) is 18.1. The van der Waals surface area contributed by atoms with Crippen LogP contribution in [0, 0.1) is 0 Å². The van der Waals surface area contributed by atoms with Crippen LogP contribution in [0.15, 0.2) is 30.3 Å². The van der Waals surface area contributed by atoms with Crippen LogP contribution in [-0.2, 0) is 0 Å². The van der Waals surface area contributed by atoms with Crippen LogP contribution in [-0.4, -0.2) is 54.4 Å². The molecule has 3 atom stereocenters. The predicted molar refractivity (Wildman–Crippen MR) is 102 cm³/mol. The quantitative estimate of drug-likeness (QED) is 0.677. The monoisotopic (exact) mass is 347 g/mol. The Morgan fingerprint density at radius 2 is 1.84 bits per heavy atom. The standard InChI is InChI=1S/C20H33N3O2/c1-16(15-23-11-7-4-8-12-23)22-20(25)21-14-19(13-17(2)24)18-9-5-3-6-10-18/h3,5-6,9-10,16-17,19,24H,4,7-8,11-15H2,1-2H3,(H2,21,22,25). The van der Waals surface area contributed by atoms with Gasteiger partial charge in [-0.3, -0.25) is 0 Å². The summed E-state index contributed by atoms with van der Waals surface area (Å²) in [5, 5.41) is 15.8. The Hall–Kier alpha value is -1.59. The van der Waals surface area contributed by atoms with Gasteiger partial charge in [-0.15, -0.1) is 0 Å². The topological polar surface area (TPSA) is 64.6 Å². The van der Waals surface area contributed by atoms with E-state index in [0.29, 0.717) is 13.0 Å². The van der Waals surface area contributed by atoms with Gasteiger partial charge in [0.25, 0.3) is 0 Å². The average Bonchev–Trinajstić information content (AvgIpc) is 2.60. The number of nitrogens with one attached hydrogen (secondary N) is 2. The molecule has 0 aliphatic carbocycles. The van der Waals surface area contributed by atoms with Crippen molar-refractivity contribution in [3.8, 4) is 0 Å². The van der Waals surface area contributed by atoms with Crippen LogP contribution in [0.2, 0.25) is 0 Å². The number of aliphatic hydroxyl groups is 1. The van der Waals surface area contributed by atoms with Crippen LogP contribution in [0.1, 0.15) is 51.0 Å². The van der Waals surface area contributed by atoms with Crippen LogP contribution in [0.25, 0.3) is 0 Å². The molecule has 5 nitrogen and oxygen atoms in total. The van der Waals surface area contributed by atoms with E-state index in [4.69, 9.17) is 0 Å². The molecule has 2 rings (SSSR count). The molecule has 0 radical (unpaired) electrons. The van der Waals surface area contributed by atoms with Crippen molar-refractivity contribution >= 4 is 6.03 Å². The summed E-state index contributed by atoms with van der Waals surface area (Å²) in [7, 11) is 0. The summed E-state index contributed by atoms with van der Waals surface area (Å²) in [6.07, 6.45) is 4.08. The first-order chi connectivity index (χ1) is 12.0. The maximum absolute atomic E-state index is 12.2. The molecular formula is C20H33N3O2. The molecule has 25 heavy (non-hydrogen) atoms. The molecule has 1 aromatic carbocycles. The Labute approximate surface area is 151 Å². The fourth-order valence-electron chi connectivity index (χ4n) is 3.54. The average molecular weight is 348 g/mol. The summed E-state index contributed by atoms with van der Waals surface area (Å²) in [5.41, 5.74) is 1.14. The third-order valence-electron chi connectivity index (χ3n) is 4.76. The Kier molecular flexibility index (Phi) is 8.22. The van der Waals surface area contributed by atoms with Gasteiger partial charge in [0.05, 0.1) is 6.10 Å². The number of benzene rings is 1. The van der Waals surface area contributed by atoms with E-state index in [1.165, 1.54) is 19.3 Å². The van der Waals surface area contributed by atoms with E-state index < -0.39 is 6.10 Å². The highest BCUT2D eigenvalue weighted by Gasteiger charge is 2.17. The maximum Gasteiger partial charge on any atom is 0.315 e. The zero-order valence-corrected chi connectivity index (χ0v) is 15.6. The Bertz CT molecular complexity index is 501. The molecule has 0 saturated carbocycles. The van der Waals surface area contributed by atoms with Crippen molar-refractivity contribution in [1.82, 2.24) is 15.5 Å². The van der Waals surface area contributed by atoms with Crippen LogP contribution >= 0.6 is 0 Å². The first-order valence-corrected chi connectivity index (χ1v) is 9.54. The molecule has 1 aliphatic rings. The van der Waals surface area contributed by atoms with Gasteiger partial charge in [0.15, 0.2) is 0 Å². The van der Waals surface area contributed by atoms with Gasteiger partial charge in [0, 0.05) is 25.0 Å². The lowest BCUT2D eigenvalue weighted by Gasteiger charge is -2.29. The molecule has 2 amide bonds. The number of carbonyl (C=O) groups excluding carboxylic acids is 1. The van der Waals surface area contributed by atoms with Crippen LogP contribution in [0.3, 0.4) is 0 Å². The lowest BCUT2D eigenvalue weighted by molar-refractivity contribution is 0.172. The smallest absolute Gasteiger partial charge is 0.315 e. The number of carbonyl (C=O) groups is 1. The molecule has 1 heterocycles. The van der Waals surface area contributed by atoms with Gasteiger partial charge in [-0.25, -0.2) is 4.79 Å². The third kappa shape index (κ3) is 7.45. The molecule has 0 aromatic heterocycles. The number of rotatable bonds is 8. The van der Waals surface area contributed by atoms with E-state index in [0.717, 1.165) is 25.2 Å². The molecule has 140 valence electrons. The summed E-state index contributed by atoms with van der Waals surface area (Å²) in [4.78, 5) is 14.6. The fraction of sp³-hybridized carbons (Fsp3) is 0.650. The van der Waals surface area contributed by atoms with E-state index in [9.17, 15) is 9.90 Å². The van der Waals surface area contributed by atoms with E-state index in [1.54, 1.807) is 6.92 Å². The number of aliphatic hydroxyl groups excluding tert-OH is 1. The summed E-state index contributed by atoms with van der Waals surface area (Å²) >= 11 is 0. The second-order valence-corrected chi connectivity index (χ2v) is 7.31. The fourth-order valence-corrected chi connectivity index (χ4v) is 3.54. The van der Waals surface area contributed by atoms with E-state index in [1.807, 2.05) is 30.3 Å². The first kappa shape index (κ1) is 19.7. The second kappa shape index (κ2) is 10.4. The molecule has 1 aliphatic heterocycles. The van der Waals surface area contributed by atoms with Crippen molar-refractivity contribution in [2.75, 3.05) is 26.2 Å². The summed E-state index contributed by atoms with van der Waals surface area (Å²) in [5.74, 6) is 0.115. The van der Waals surface area contributed by atoms with Crippen molar-refractivity contribution in [1.29, 1.82) is 0 Å². The Morgan fingerprint density at radius 1 is 1.16 bits per heavy atom. The van der Waals surface area contributed by atoms with E-state index >= 15 is 0 Å². The van der Waals surface area contributed by atoms with Gasteiger partial charge in [0.2, 0.25) is 0 Å². The highest BCUT2D eigenvalue weighted by atomic mass is 16.3. The van der Waals surface area contributed by atoms with E-state index in [2.05, 4.69) is 22.5 Å². The van der Waals surface area contributed by atoms with Gasteiger partial charge in [-0.05, 0) is 51.8 Å². The van der Waals surface area contributed by atoms with E-state index in [-0.39, 0.29) is 18.0 Å². The number of nitrogens with zero attached hydrogens (tertiary/aromatic N) is 1. The zero-order valence-electron chi connectivity index (χ0n) is 15.6. The summed E-state index contributed by atoms with van der Waals surface area (Å²) in [6, 6.07) is 10.1. The van der Waals surface area contributed by atoms with Crippen molar-refractivity contribution < 1.29 is 9.90 Å². The van der Waals surface area contributed by atoms with Crippen LogP contribution < -0.4 is 10.6 Å². The number of urea groups is 1. The summed E-state index contributed by atoms with van der Waals surface area (Å²) in [6.45, 7) is 7.55. The third-order valence-corrected chi connectivity index (χ3v) is 4.76. The highest BCUT2D eigenvalue weighted by molar-refractivity contribution is 5.74. The van der Waals surface area contributed by atoms with Gasteiger partial charge in [-0.2, -0.15) is 0 Å². The van der Waals surface area contributed by atoms with Crippen molar-refractivity contribution in [3.63, 3.8) is 0 Å². The number of piperidine rings is 1. The molecule has 5 heteroatoms. The minimum Gasteiger partial charge on any atom is -0.393 e. The number of hydrogen-bond acceptors (Lipinski definition) is 3. The SMILES string of the molecule is CC(O)CC(CNC(=O)NC(C)CN1CCCCC1)c1ccccc1. The molecule has 0 bridgehead atoms. The first-order valence-electron chi connectivity index (χ1n) is 9.54. The molecule has 1 fully saturated rings. The van der Waals surface area contributed by atoms with Gasteiger partial charge in [0.1, 0.15) is 0 Å². The molecule has 3 unspecified atom stereocenters. The molecule has 3 N–H and O–H groups in total. The van der Waals surface area contributed by atoms with Crippen molar-refractivity contribution in [2.45, 2.75) is 57.6 Å². The van der Waals surface area contributed by atoms with Crippen molar-refractivity contribution in [2.24, 2.45) is 0 Å². The largest absolute Gasteiger partial charge is 0.393 e. The lowest BCUT2D eigenvalue weighted by Crippen LogP contribution is -2.47. The number of hydrogen-bond donors (Lipinski definition) is 3. The molecule has 1 saturated heterocycles. The number of amides is 2. The lowest BCUT2D eigenvalue weighted by atomic mass is 9.93. The normalized spacial score (nSPS) is 19.0.